The van der Waals surface area contributed by atoms with Crippen molar-refractivity contribution in [2.45, 2.75) is 32.2 Å². The van der Waals surface area contributed by atoms with Gasteiger partial charge in [0.2, 0.25) is 5.91 Å². The molecule has 0 spiro atoms. The van der Waals surface area contributed by atoms with E-state index >= 15 is 0 Å². The smallest absolute Gasteiger partial charge is 0.239 e. The quantitative estimate of drug-likeness (QED) is 0.881. The minimum Gasteiger partial charge on any atom is -0.368 e. The number of halogens is 2. The van der Waals surface area contributed by atoms with Gasteiger partial charge in [0, 0.05) is 31.9 Å². The van der Waals surface area contributed by atoms with Crippen molar-refractivity contribution in [1.82, 2.24) is 10.2 Å². The fourth-order valence-electron chi connectivity index (χ4n) is 3.29. The standard InChI is InChI=1S/C17H25N3O.2ClH/c1-14-5-4-6-15(13-14)19-9-11-20(12-10-19)17(21)16-7-2-3-8-18-16;;/h4-6,13,16,18H,2-3,7-12H2,1H3;2*1H/t16-;;/m0../s1. The van der Waals surface area contributed by atoms with E-state index in [9.17, 15) is 4.79 Å². The number of benzene rings is 1. The van der Waals surface area contributed by atoms with E-state index in [0.717, 1.165) is 39.1 Å². The van der Waals surface area contributed by atoms with Gasteiger partial charge in [0.1, 0.15) is 0 Å². The summed E-state index contributed by atoms with van der Waals surface area (Å²) in [6.07, 6.45) is 3.37. The third kappa shape index (κ3) is 5.00. The van der Waals surface area contributed by atoms with Crippen LogP contribution in [0.4, 0.5) is 5.69 Å². The van der Waals surface area contributed by atoms with Crippen LogP contribution in [-0.2, 0) is 4.79 Å². The Labute approximate surface area is 151 Å². The van der Waals surface area contributed by atoms with Crippen LogP contribution in [0.3, 0.4) is 0 Å². The lowest BCUT2D eigenvalue weighted by Gasteiger charge is -2.38. The van der Waals surface area contributed by atoms with Gasteiger partial charge in [0.05, 0.1) is 6.04 Å². The number of anilines is 1. The van der Waals surface area contributed by atoms with Gasteiger partial charge in [-0.1, -0.05) is 18.6 Å². The first kappa shape index (κ1) is 20.1. The zero-order chi connectivity index (χ0) is 14.7. The summed E-state index contributed by atoms with van der Waals surface area (Å²) in [5, 5.41) is 3.36. The van der Waals surface area contributed by atoms with Gasteiger partial charge in [-0.15, -0.1) is 24.8 Å². The van der Waals surface area contributed by atoms with E-state index < -0.39 is 0 Å². The summed E-state index contributed by atoms with van der Waals surface area (Å²) in [4.78, 5) is 16.9. The molecule has 0 saturated carbocycles. The van der Waals surface area contributed by atoms with Crippen LogP contribution in [0.25, 0.3) is 0 Å². The Morgan fingerprint density at radius 3 is 2.48 bits per heavy atom. The summed E-state index contributed by atoms with van der Waals surface area (Å²) in [6, 6.07) is 8.67. The van der Waals surface area contributed by atoms with Crippen LogP contribution < -0.4 is 10.2 Å². The summed E-state index contributed by atoms with van der Waals surface area (Å²) in [5.41, 5.74) is 2.57. The number of carbonyl (C=O) groups is 1. The Bertz CT molecular complexity index is 498. The van der Waals surface area contributed by atoms with Crippen molar-refractivity contribution in [2.75, 3.05) is 37.6 Å². The predicted octanol–water partition coefficient (Wildman–Crippen LogP) is 2.63. The number of hydrogen-bond donors (Lipinski definition) is 1. The molecule has 0 aliphatic carbocycles. The fourth-order valence-corrected chi connectivity index (χ4v) is 3.29. The molecule has 2 aliphatic heterocycles. The number of amides is 1. The first-order chi connectivity index (χ1) is 10.2. The van der Waals surface area contributed by atoms with Crippen molar-refractivity contribution < 1.29 is 4.79 Å². The third-order valence-electron chi connectivity index (χ3n) is 4.57. The van der Waals surface area contributed by atoms with Gasteiger partial charge in [-0.25, -0.2) is 0 Å². The van der Waals surface area contributed by atoms with E-state index in [1.807, 2.05) is 4.90 Å². The molecule has 4 nitrogen and oxygen atoms in total. The molecule has 130 valence electrons. The topological polar surface area (TPSA) is 35.6 Å². The zero-order valence-electron chi connectivity index (χ0n) is 13.7. The molecule has 0 aromatic heterocycles. The highest BCUT2D eigenvalue weighted by molar-refractivity contribution is 5.85. The van der Waals surface area contributed by atoms with E-state index in [2.05, 4.69) is 41.4 Å². The molecule has 3 rings (SSSR count). The molecule has 2 heterocycles. The lowest BCUT2D eigenvalue weighted by molar-refractivity contribution is -0.134. The average molecular weight is 360 g/mol. The van der Waals surface area contributed by atoms with E-state index in [1.54, 1.807) is 0 Å². The minimum absolute atomic E-state index is 0. The first-order valence-electron chi connectivity index (χ1n) is 8.08. The van der Waals surface area contributed by atoms with Crippen LogP contribution in [0.2, 0.25) is 0 Å². The zero-order valence-corrected chi connectivity index (χ0v) is 15.3. The molecule has 1 aromatic carbocycles. The van der Waals surface area contributed by atoms with Crippen LogP contribution in [0.5, 0.6) is 0 Å². The maximum absolute atomic E-state index is 12.5. The Balaban J connectivity index is 0.00000132. The molecule has 2 aliphatic rings. The number of nitrogens with one attached hydrogen (secondary N) is 1. The number of piperazine rings is 1. The number of nitrogens with zero attached hydrogens (tertiary/aromatic N) is 2. The van der Waals surface area contributed by atoms with Gasteiger partial charge >= 0.3 is 0 Å². The predicted molar refractivity (Wildman–Crippen MR) is 100 cm³/mol. The number of carbonyl (C=O) groups excluding carboxylic acids is 1. The molecule has 0 radical (unpaired) electrons. The van der Waals surface area contributed by atoms with E-state index in [4.69, 9.17) is 0 Å². The van der Waals surface area contributed by atoms with Crippen LogP contribution in [0.15, 0.2) is 24.3 Å². The Hall–Kier alpha value is -0.970. The molecular formula is C17H27Cl2N3O. The van der Waals surface area contributed by atoms with Crippen molar-refractivity contribution in [3.63, 3.8) is 0 Å². The maximum Gasteiger partial charge on any atom is 0.239 e. The Morgan fingerprint density at radius 2 is 1.87 bits per heavy atom. The second-order valence-corrected chi connectivity index (χ2v) is 6.15. The highest BCUT2D eigenvalue weighted by Gasteiger charge is 2.28. The minimum atomic E-state index is 0. The summed E-state index contributed by atoms with van der Waals surface area (Å²) in [5.74, 6) is 0.304. The van der Waals surface area contributed by atoms with Crippen molar-refractivity contribution in [2.24, 2.45) is 0 Å². The molecule has 1 atom stereocenters. The SMILES string of the molecule is Cc1cccc(N2CCN(C(=O)[C@@H]3CCCCN3)CC2)c1.Cl.Cl. The molecular weight excluding hydrogens is 333 g/mol. The fraction of sp³-hybridized carbons (Fsp3) is 0.588. The molecule has 2 saturated heterocycles. The number of aryl methyl sites for hydroxylation is 1. The van der Waals surface area contributed by atoms with Crippen molar-refractivity contribution >= 4 is 36.4 Å². The molecule has 1 aromatic rings. The van der Waals surface area contributed by atoms with Gasteiger partial charge in [0.25, 0.3) is 0 Å². The van der Waals surface area contributed by atoms with Crippen LogP contribution in [0, 0.1) is 6.92 Å². The highest BCUT2D eigenvalue weighted by atomic mass is 35.5. The lowest BCUT2D eigenvalue weighted by Crippen LogP contribution is -2.55. The molecule has 0 unspecified atom stereocenters. The molecule has 1 amide bonds. The van der Waals surface area contributed by atoms with Gasteiger partial charge < -0.3 is 15.1 Å². The van der Waals surface area contributed by atoms with Gasteiger partial charge in [-0.05, 0) is 44.0 Å². The largest absolute Gasteiger partial charge is 0.368 e. The number of hydrogen-bond acceptors (Lipinski definition) is 3. The third-order valence-corrected chi connectivity index (χ3v) is 4.57. The monoisotopic (exact) mass is 359 g/mol. The van der Waals surface area contributed by atoms with E-state index in [-0.39, 0.29) is 30.9 Å². The van der Waals surface area contributed by atoms with Crippen molar-refractivity contribution in [3.8, 4) is 0 Å². The van der Waals surface area contributed by atoms with Gasteiger partial charge in [-0.3, -0.25) is 4.79 Å². The van der Waals surface area contributed by atoms with Crippen LogP contribution in [0.1, 0.15) is 24.8 Å². The average Bonchev–Trinajstić information content (AvgIpc) is 2.55. The Morgan fingerprint density at radius 1 is 1.13 bits per heavy atom. The summed E-state index contributed by atoms with van der Waals surface area (Å²) >= 11 is 0. The second-order valence-electron chi connectivity index (χ2n) is 6.15. The molecule has 2 fully saturated rings. The normalized spacial score (nSPS) is 21.2. The molecule has 1 N–H and O–H groups in total. The highest BCUT2D eigenvalue weighted by Crippen LogP contribution is 2.19. The molecule has 6 heteroatoms. The first-order valence-corrected chi connectivity index (χ1v) is 8.08. The molecule has 0 bridgehead atoms. The summed E-state index contributed by atoms with van der Waals surface area (Å²) < 4.78 is 0. The van der Waals surface area contributed by atoms with Crippen LogP contribution in [-0.4, -0.2) is 49.6 Å². The number of rotatable bonds is 2. The maximum atomic E-state index is 12.5. The second kappa shape index (κ2) is 9.36. The number of piperidine rings is 1. The van der Waals surface area contributed by atoms with Crippen molar-refractivity contribution in [3.05, 3.63) is 29.8 Å². The Kier molecular flexibility index (Phi) is 8.17. The van der Waals surface area contributed by atoms with E-state index in [1.165, 1.54) is 24.1 Å². The summed E-state index contributed by atoms with van der Waals surface area (Å²) in [6.45, 7) is 6.65. The van der Waals surface area contributed by atoms with E-state index in [0.29, 0.717) is 5.91 Å². The lowest BCUT2D eigenvalue weighted by atomic mass is 10.0. The van der Waals surface area contributed by atoms with Crippen molar-refractivity contribution in [1.29, 1.82) is 0 Å². The summed E-state index contributed by atoms with van der Waals surface area (Å²) in [7, 11) is 0. The van der Waals surface area contributed by atoms with Crippen LogP contribution >= 0.6 is 24.8 Å². The molecule has 23 heavy (non-hydrogen) atoms. The van der Waals surface area contributed by atoms with Gasteiger partial charge in [-0.2, -0.15) is 0 Å². The van der Waals surface area contributed by atoms with Gasteiger partial charge in [0.15, 0.2) is 0 Å².